The molecule has 1 unspecified atom stereocenters. The molecule has 0 radical (unpaired) electrons. The molecule has 0 rings (SSSR count). The predicted octanol–water partition coefficient (Wildman–Crippen LogP) is 3.37. The summed E-state index contributed by atoms with van der Waals surface area (Å²) in [6, 6.07) is -1.06. The van der Waals surface area contributed by atoms with Gasteiger partial charge in [-0.15, -0.1) is 0 Å². The molecule has 3 N–H and O–H groups in total. The number of aliphatic carboxylic acids is 1. The summed E-state index contributed by atoms with van der Waals surface area (Å²) in [5.41, 5.74) is 5.47. The van der Waals surface area contributed by atoms with Crippen LogP contribution < -0.4 is 5.73 Å². The average molecular weight is 367 g/mol. The van der Waals surface area contributed by atoms with Crippen molar-refractivity contribution in [2.45, 2.75) is 94.2 Å². The number of hydrogen-bond acceptors (Lipinski definition) is 5. The Morgan fingerprint density at radius 3 is 1.88 bits per heavy atom. The summed E-state index contributed by atoms with van der Waals surface area (Å²) in [6.45, 7) is 2.20. The SMILES string of the molecule is CCCCCCCCCCCC(=O)OC(=O)C(N)CCC(=O)O.[CH3][Na]. The van der Waals surface area contributed by atoms with E-state index in [0.717, 1.165) is 12.8 Å². The Bertz CT molecular complexity index is 363. The first kappa shape index (κ1) is 26.8. The van der Waals surface area contributed by atoms with E-state index >= 15 is 0 Å². The van der Waals surface area contributed by atoms with Gasteiger partial charge in [-0.2, -0.15) is 0 Å². The van der Waals surface area contributed by atoms with E-state index in [0.29, 0.717) is 6.42 Å². The van der Waals surface area contributed by atoms with Crippen LogP contribution in [0.25, 0.3) is 0 Å². The molecule has 0 spiro atoms. The van der Waals surface area contributed by atoms with Crippen LogP contribution in [0.3, 0.4) is 0 Å². The minimum absolute atomic E-state index is 0.0283. The van der Waals surface area contributed by atoms with Crippen LogP contribution in [0.5, 0.6) is 0 Å². The fraction of sp³-hybridized carbons (Fsp3) is 0.833. The van der Waals surface area contributed by atoms with Gasteiger partial charge in [0.2, 0.25) is 0 Å². The zero-order valence-corrected chi connectivity index (χ0v) is 18.2. The molecular formula is C18H34NNaO5. The summed E-state index contributed by atoms with van der Waals surface area (Å²) >= 11 is 1.31. The zero-order valence-electron chi connectivity index (χ0n) is 16.2. The Kier molecular flexibility index (Phi) is 21.3. The van der Waals surface area contributed by atoms with Crippen molar-refractivity contribution < 1.29 is 24.2 Å². The van der Waals surface area contributed by atoms with Gasteiger partial charge in [-0.1, -0.05) is 58.3 Å². The van der Waals surface area contributed by atoms with Crippen LogP contribution in [-0.4, -0.2) is 57.0 Å². The van der Waals surface area contributed by atoms with Gasteiger partial charge in [0.15, 0.2) is 0 Å². The number of ether oxygens (including phenoxy) is 1. The Morgan fingerprint density at radius 2 is 1.40 bits per heavy atom. The van der Waals surface area contributed by atoms with E-state index < -0.39 is 23.9 Å². The molecule has 1 atom stereocenters. The molecule has 0 saturated heterocycles. The van der Waals surface area contributed by atoms with Crippen molar-refractivity contribution in [3.63, 3.8) is 0 Å². The summed E-state index contributed by atoms with van der Waals surface area (Å²) in [5.74, 6) is -2.45. The van der Waals surface area contributed by atoms with Crippen LogP contribution >= 0.6 is 0 Å². The second-order valence-corrected chi connectivity index (χ2v) is 5.91. The fourth-order valence-corrected chi connectivity index (χ4v) is 2.22. The average Bonchev–Trinajstić information content (AvgIpc) is 2.59. The van der Waals surface area contributed by atoms with Gasteiger partial charge in [0.1, 0.15) is 6.04 Å². The number of esters is 2. The molecule has 0 fully saturated rings. The molecule has 0 aliphatic heterocycles. The number of nitrogens with two attached hydrogens (primary N) is 1. The van der Waals surface area contributed by atoms with Crippen LogP contribution in [0.15, 0.2) is 0 Å². The molecule has 0 amide bonds. The van der Waals surface area contributed by atoms with Crippen LogP contribution in [-0.2, 0) is 19.1 Å². The summed E-state index contributed by atoms with van der Waals surface area (Å²) in [6.07, 6.45) is 10.2. The van der Waals surface area contributed by atoms with Gasteiger partial charge >= 0.3 is 50.0 Å². The number of unbranched alkanes of at least 4 members (excludes halogenated alkanes) is 8. The van der Waals surface area contributed by atoms with Crippen molar-refractivity contribution in [1.29, 1.82) is 0 Å². The van der Waals surface area contributed by atoms with Crippen LogP contribution in [0.1, 0.15) is 84.0 Å². The van der Waals surface area contributed by atoms with Crippen molar-refractivity contribution >= 4 is 45.8 Å². The molecule has 0 aromatic carbocycles. The van der Waals surface area contributed by atoms with E-state index in [1.54, 1.807) is 0 Å². The van der Waals surface area contributed by atoms with Gasteiger partial charge in [0, 0.05) is 12.8 Å². The van der Waals surface area contributed by atoms with Crippen LogP contribution in [0, 0.1) is 0 Å². The molecule has 0 aliphatic carbocycles. The van der Waals surface area contributed by atoms with Gasteiger partial charge in [0.05, 0.1) is 0 Å². The normalized spacial score (nSPS) is 11.2. The second kappa shape index (κ2) is 19.9. The Balaban J connectivity index is 0. The number of hydrogen-bond donors (Lipinski definition) is 2. The van der Waals surface area contributed by atoms with Crippen LogP contribution in [0.4, 0.5) is 0 Å². The summed E-state index contributed by atoms with van der Waals surface area (Å²) in [4.78, 5) is 33.3. The van der Waals surface area contributed by atoms with Crippen LogP contribution in [0.2, 0.25) is 4.17 Å². The molecule has 6 nitrogen and oxygen atoms in total. The maximum absolute atomic E-state index is 11.5. The number of carboxylic acids is 1. The molecule has 0 saturated carbocycles. The standard InChI is InChI=1S/C17H31NO5.CH3.Na/c1-2-3-4-5-6-7-8-9-10-11-16(21)23-17(22)14(18)12-13-15(19)20;;/h14H,2-13,18H2,1H3,(H,19,20);1H3;. The first-order valence-electron chi connectivity index (χ1n) is 9.69. The first-order chi connectivity index (χ1) is 12.0. The molecule has 0 aromatic rings. The molecule has 0 aromatic heterocycles. The van der Waals surface area contributed by atoms with E-state index in [9.17, 15) is 14.4 Å². The number of carbonyl (C=O) groups is 3. The molecular weight excluding hydrogens is 333 g/mol. The summed E-state index contributed by atoms with van der Waals surface area (Å²) in [5, 5.41) is 8.50. The van der Waals surface area contributed by atoms with E-state index in [1.807, 2.05) is 0 Å². The molecule has 7 heteroatoms. The Labute approximate surface area is 169 Å². The topological polar surface area (TPSA) is 107 Å². The second-order valence-electron chi connectivity index (χ2n) is 5.91. The molecule has 0 heterocycles. The fourth-order valence-electron chi connectivity index (χ4n) is 2.22. The van der Waals surface area contributed by atoms with Crippen molar-refractivity contribution in [1.82, 2.24) is 0 Å². The van der Waals surface area contributed by atoms with Gasteiger partial charge in [-0.25, -0.2) is 4.79 Å². The first-order valence-corrected chi connectivity index (χ1v) is 11.7. The minimum atomic E-state index is -1.06. The monoisotopic (exact) mass is 367 g/mol. The maximum atomic E-state index is 11.5. The Hall–Kier alpha value is -0.430. The summed E-state index contributed by atoms with van der Waals surface area (Å²) < 4.78 is 6.76. The summed E-state index contributed by atoms with van der Waals surface area (Å²) in [7, 11) is 0. The molecule has 0 bridgehead atoms. The number of rotatable bonds is 14. The number of carboxylic acid groups (broad SMARTS) is 1. The molecule has 142 valence electrons. The molecule has 25 heavy (non-hydrogen) atoms. The third kappa shape index (κ3) is 19.7. The third-order valence-electron chi connectivity index (χ3n) is 3.67. The van der Waals surface area contributed by atoms with Crippen molar-refractivity contribution in [3.8, 4) is 0 Å². The van der Waals surface area contributed by atoms with Gasteiger partial charge in [0.25, 0.3) is 0 Å². The van der Waals surface area contributed by atoms with E-state index in [4.69, 9.17) is 10.8 Å². The Morgan fingerprint density at radius 1 is 0.920 bits per heavy atom. The van der Waals surface area contributed by atoms with Gasteiger partial charge in [-0.05, 0) is 12.8 Å². The zero-order chi connectivity index (χ0) is 19.5. The van der Waals surface area contributed by atoms with E-state index in [-0.39, 0.29) is 19.3 Å². The van der Waals surface area contributed by atoms with E-state index in [2.05, 4.69) is 15.8 Å². The van der Waals surface area contributed by atoms with Gasteiger partial charge in [-0.3, -0.25) is 9.59 Å². The van der Waals surface area contributed by atoms with Crippen molar-refractivity contribution in [2.75, 3.05) is 0 Å². The van der Waals surface area contributed by atoms with E-state index in [1.165, 1.54) is 66.5 Å². The van der Waals surface area contributed by atoms with Crippen molar-refractivity contribution in [2.24, 2.45) is 5.73 Å². The number of carbonyl (C=O) groups excluding carboxylic acids is 2. The molecule has 0 aliphatic rings. The third-order valence-corrected chi connectivity index (χ3v) is 3.67. The van der Waals surface area contributed by atoms with Crippen molar-refractivity contribution in [3.05, 3.63) is 0 Å². The predicted molar refractivity (Wildman–Crippen MR) is 99.4 cm³/mol. The quantitative estimate of drug-likeness (QED) is 0.211. The van der Waals surface area contributed by atoms with Gasteiger partial charge < -0.3 is 15.6 Å².